The zero-order valence-electron chi connectivity index (χ0n) is 10.3. The Balaban J connectivity index is 1.97. The molecule has 0 radical (unpaired) electrons. The lowest BCUT2D eigenvalue weighted by molar-refractivity contribution is 0.317. The second kappa shape index (κ2) is 5.24. The van der Waals surface area contributed by atoms with Crippen LogP contribution in [0.2, 0.25) is 0 Å². The first-order valence-corrected chi connectivity index (χ1v) is 6.29. The maximum absolute atomic E-state index is 5.61. The molecule has 0 aromatic heterocycles. The van der Waals surface area contributed by atoms with Crippen LogP contribution in [0.25, 0.3) is 0 Å². The van der Waals surface area contributed by atoms with Gasteiger partial charge in [0.2, 0.25) is 0 Å². The maximum Gasteiger partial charge on any atom is 0.119 e. The molecule has 16 heavy (non-hydrogen) atoms. The van der Waals surface area contributed by atoms with E-state index in [-0.39, 0.29) is 0 Å². The lowest BCUT2D eigenvalue weighted by Crippen LogP contribution is -2.27. The molecule has 0 bridgehead atoms. The van der Waals surface area contributed by atoms with E-state index in [4.69, 9.17) is 4.74 Å². The summed E-state index contributed by atoms with van der Waals surface area (Å²) in [6, 6.07) is 7.01. The van der Waals surface area contributed by atoms with Gasteiger partial charge in [-0.2, -0.15) is 0 Å². The number of benzene rings is 1. The number of anilines is 1. The Morgan fingerprint density at radius 2 is 2.19 bits per heavy atom. The van der Waals surface area contributed by atoms with Crippen molar-refractivity contribution in [1.82, 2.24) is 0 Å². The van der Waals surface area contributed by atoms with Crippen LogP contribution in [0.15, 0.2) is 18.2 Å². The Labute approximate surface area is 98.0 Å². The van der Waals surface area contributed by atoms with Gasteiger partial charge in [-0.1, -0.05) is 6.92 Å². The molecule has 2 heteroatoms. The molecule has 1 aromatic carbocycles. The van der Waals surface area contributed by atoms with Gasteiger partial charge in [-0.3, -0.25) is 0 Å². The Morgan fingerprint density at radius 1 is 1.38 bits per heavy atom. The summed E-state index contributed by atoms with van der Waals surface area (Å²) in [6.45, 7) is 5.06. The van der Waals surface area contributed by atoms with Gasteiger partial charge in [0.05, 0.1) is 6.61 Å². The van der Waals surface area contributed by atoms with E-state index in [2.05, 4.69) is 37.4 Å². The molecule has 1 aliphatic carbocycles. The minimum absolute atomic E-state index is 0.695. The molecule has 1 saturated carbocycles. The highest BCUT2D eigenvalue weighted by Gasteiger charge is 2.17. The van der Waals surface area contributed by atoms with Crippen LogP contribution >= 0.6 is 0 Å². The van der Waals surface area contributed by atoms with Crippen LogP contribution in [0.5, 0.6) is 5.75 Å². The molecule has 1 aromatic rings. The van der Waals surface area contributed by atoms with Crippen LogP contribution in [0, 0.1) is 6.92 Å². The van der Waals surface area contributed by atoms with Gasteiger partial charge in [0, 0.05) is 11.7 Å². The van der Waals surface area contributed by atoms with Crippen molar-refractivity contribution in [2.24, 2.45) is 0 Å². The Morgan fingerprint density at radius 3 is 2.75 bits per heavy atom. The van der Waals surface area contributed by atoms with Crippen molar-refractivity contribution < 1.29 is 4.74 Å². The number of aryl methyl sites for hydroxylation is 1. The monoisotopic (exact) mass is 219 g/mol. The van der Waals surface area contributed by atoms with Crippen LogP contribution in [0.4, 0.5) is 5.69 Å². The van der Waals surface area contributed by atoms with E-state index in [9.17, 15) is 0 Å². The SMILES string of the molecule is CCCOc1ccc(NC2CCC2)c(C)c1. The largest absolute Gasteiger partial charge is 0.494 e. The van der Waals surface area contributed by atoms with E-state index in [0.29, 0.717) is 6.04 Å². The molecule has 0 saturated heterocycles. The molecule has 2 nitrogen and oxygen atoms in total. The molecule has 2 rings (SSSR count). The molecule has 0 amide bonds. The van der Waals surface area contributed by atoms with Crippen molar-refractivity contribution in [3.63, 3.8) is 0 Å². The smallest absolute Gasteiger partial charge is 0.119 e. The van der Waals surface area contributed by atoms with Crippen molar-refractivity contribution >= 4 is 5.69 Å². The number of nitrogens with one attached hydrogen (secondary N) is 1. The summed E-state index contributed by atoms with van der Waals surface area (Å²) >= 11 is 0. The molecule has 88 valence electrons. The predicted octanol–water partition coefficient (Wildman–Crippen LogP) is 3.75. The van der Waals surface area contributed by atoms with Gasteiger partial charge < -0.3 is 10.1 Å². The average Bonchev–Trinajstić information content (AvgIpc) is 2.22. The lowest BCUT2D eigenvalue weighted by Gasteiger charge is -2.28. The van der Waals surface area contributed by atoms with Crippen LogP contribution in [0.1, 0.15) is 38.2 Å². The highest BCUT2D eigenvalue weighted by Crippen LogP contribution is 2.27. The number of rotatable bonds is 5. The Bertz CT molecular complexity index is 345. The first kappa shape index (κ1) is 11.3. The standard InChI is InChI=1S/C14H21NO/c1-3-9-16-13-7-8-14(11(2)10-13)15-12-5-4-6-12/h7-8,10,12,15H,3-6,9H2,1-2H3. The zero-order valence-corrected chi connectivity index (χ0v) is 10.3. The summed E-state index contributed by atoms with van der Waals surface area (Å²) in [7, 11) is 0. The topological polar surface area (TPSA) is 21.3 Å². The fourth-order valence-corrected chi connectivity index (χ4v) is 1.88. The van der Waals surface area contributed by atoms with Crippen LogP contribution in [0.3, 0.4) is 0 Å². The molecule has 1 aliphatic rings. The molecule has 1 N–H and O–H groups in total. The summed E-state index contributed by atoms with van der Waals surface area (Å²) in [5, 5.41) is 3.57. The van der Waals surface area contributed by atoms with Crippen molar-refractivity contribution in [2.45, 2.75) is 45.6 Å². The molecule has 1 fully saturated rings. The highest BCUT2D eigenvalue weighted by molar-refractivity contribution is 5.54. The third kappa shape index (κ3) is 2.69. The number of hydrogen-bond donors (Lipinski definition) is 1. The summed E-state index contributed by atoms with van der Waals surface area (Å²) in [6.07, 6.45) is 5.05. The van der Waals surface area contributed by atoms with Crippen molar-refractivity contribution in [3.8, 4) is 5.75 Å². The minimum Gasteiger partial charge on any atom is -0.494 e. The fourth-order valence-electron chi connectivity index (χ4n) is 1.88. The van der Waals surface area contributed by atoms with Crippen LogP contribution in [-0.4, -0.2) is 12.6 Å². The summed E-state index contributed by atoms with van der Waals surface area (Å²) in [4.78, 5) is 0. The van der Waals surface area contributed by atoms with Crippen molar-refractivity contribution in [1.29, 1.82) is 0 Å². The average molecular weight is 219 g/mol. The normalized spacial score (nSPS) is 15.6. The van der Waals surface area contributed by atoms with Gasteiger partial charge in [0.25, 0.3) is 0 Å². The maximum atomic E-state index is 5.61. The Hall–Kier alpha value is -1.18. The number of hydrogen-bond acceptors (Lipinski definition) is 2. The Kier molecular flexibility index (Phi) is 3.70. The molecular formula is C14H21NO. The van der Waals surface area contributed by atoms with E-state index >= 15 is 0 Å². The van der Waals surface area contributed by atoms with Crippen LogP contribution in [-0.2, 0) is 0 Å². The molecule has 0 unspecified atom stereocenters. The zero-order chi connectivity index (χ0) is 11.4. The van der Waals surface area contributed by atoms with Crippen LogP contribution < -0.4 is 10.1 Å². The van der Waals surface area contributed by atoms with Gasteiger partial charge in [-0.15, -0.1) is 0 Å². The molecule has 0 aliphatic heterocycles. The first-order valence-electron chi connectivity index (χ1n) is 6.29. The summed E-state index contributed by atoms with van der Waals surface area (Å²) in [5.74, 6) is 0.985. The quantitative estimate of drug-likeness (QED) is 0.814. The second-order valence-electron chi connectivity index (χ2n) is 4.60. The van der Waals surface area contributed by atoms with Crippen molar-refractivity contribution in [2.75, 3.05) is 11.9 Å². The van der Waals surface area contributed by atoms with Gasteiger partial charge in [-0.25, -0.2) is 0 Å². The predicted molar refractivity (Wildman–Crippen MR) is 68.2 cm³/mol. The fraction of sp³-hybridized carbons (Fsp3) is 0.571. The third-order valence-electron chi connectivity index (χ3n) is 3.14. The van der Waals surface area contributed by atoms with Gasteiger partial charge in [0.1, 0.15) is 5.75 Å². The minimum atomic E-state index is 0.695. The van der Waals surface area contributed by atoms with Gasteiger partial charge >= 0.3 is 0 Å². The van der Waals surface area contributed by atoms with Gasteiger partial charge in [-0.05, 0) is 56.4 Å². The summed E-state index contributed by atoms with van der Waals surface area (Å²) < 4.78 is 5.61. The molecular weight excluding hydrogens is 198 g/mol. The van der Waals surface area contributed by atoms with E-state index in [1.165, 1.54) is 30.5 Å². The second-order valence-corrected chi connectivity index (χ2v) is 4.60. The molecule has 0 spiro atoms. The third-order valence-corrected chi connectivity index (χ3v) is 3.14. The molecule has 0 atom stereocenters. The van der Waals surface area contributed by atoms with Crippen molar-refractivity contribution in [3.05, 3.63) is 23.8 Å². The highest BCUT2D eigenvalue weighted by atomic mass is 16.5. The van der Waals surface area contributed by atoms with E-state index in [1.807, 2.05) is 0 Å². The number of ether oxygens (including phenoxy) is 1. The first-order chi connectivity index (χ1) is 7.79. The summed E-state index contributed by atoms with van der Waals surface area (Å²) in [5.41, 5.74) is 2.54. The van der Waals surface area contributed by atoms with Gasteiger partial charge in [0.15, 0.2) is 0 Å². The van der Waals surface area contributed by atoms with E-state index < -0.39 is 0 Å². The molecule has 0 heterocycles. The van der Waals surface area contributed by atoms with E-state index in [0.717, 1.165) is 18.8 Å². The lowest BCUT2D eigenvalue weighted by atomic mass is 9.92. The van der Waals surface area contributed by atoms with E-state index in [1.54, 1.807) is 0 Å².